The zero-order valence-electron chi connectivity index (χ0n) is 9.42. The Morgan fingerprint density at radius 2 is 2.00 bits per heavy atom. The lowest BCUT2D eigenvalue weighted by Crippen LogP contribution is -2.17. The Bertz CT molecular complexity index is 413. The van der Waals surface area contributed by atoms with Gasteiger partial charge in [0.05, 0.1) is 17.2 Å². The van der Waals surface area contributed by atoms with Crippen molar-refractivity contribution in [3.05, 3.63) is 35.4 Å². The number of carbonyl (C=O) groups excluding carboxylic acids is 1. The number of rotatable bonds is 5. The van der Waals surface area contributed by atoms with Crippen LogP contribution in [0.3, 0.4) is 0 Å². The lowest BCUT2D eigenvalue weighted by molar-refractivity contribution is 0.0250. The third-order valence-electron chi connectivity index (χ3n) is 2.22. The van der Waals surface area contributed by atoms with Crippen molar-refractivity contribution in [2.75, 3.05) is 6.61 Å². The molecule has 5 heteroatoms. The minimum absolute atomic E-state index is 0.0236. The summed E-state index contributed by atoms with van der Waals surface area (Å²) < 4.78 is 4.83. The van der Waals surface area contributed by atoms with Crippen molar-refractivity contribution in [3.8, 4) is 0 Å². The maximum Gasteiger partial charge on any atom is 0.338 e. The van der Waals surface area contributed by atoms with Crippen LogP contribution in [-0.4, -0.2) is 34.9 Å². The summed E-state index contributed by atoms with van der Waals surface area (Å²) in [5.74, 6) is -1.74. The summed E-state index contributed by atoms with van der Waals surface area (Å²) in [5.41, 5.74) is 0.184. The average molecular weight is 238 g/mol. The van der Waals surface area contributed by atoms with E-state index >= 15 is 0 Å². The lowest BCUT2D eigenvalue weighted by Gasteiger charge is -2.09. The number of esters is 1. The van der Waals surface area contributed by atoms with Crippen LogP contribution in [0.25, 0.3) is 0 Å². The minimum Gasteiger partial charge on any atom is -0.478 e. The molecule has 0 bridgehead atoms. The third-order valence-corrected chi connectivity index (χ3v) is 2.22. The summed E-state index contributed by atoms with van der Waals surface area (Å²) in [4.78, 5) is 22.2. The maximum absolute atomic E-state index is 11.5. The fraction of sp³-hybridized carbons (Fsp3) is 0.333. The highest BCUT2D eigenvalue weighted by molar-refractivity contribution is 5.94. The molecular weight excluding hydrogens is 224 g/mol. The second-order valence-corrected chi connectivity index (χ2v) is 3.55. The second-order valence-electron chi connectivity index (χ2n) is 3.55. The first-order valence-electron chi connectivity index (χ1n) is 5.23. The molecule has 0 saturated carbocycles. The average Bonchev–Trinajstić information content (AvgIpc) is 2.35. The van der Waals surface area contributed by atoms with Crippen LogP contribution >= 0.6 is 0 Å². The van der Waals surface area contributed by atoms with Crippen molar-refractivity contribution in [2.24, 2.45) is 0 Å². The third kappa shape index (κ3) is 3.88. The summed E-state index contributed by atoms with van der Waals surface area (Å²) in [6, 6.07) is 5.56. The maximum atomic E-state index is 11.5. The number of hydrogen-bond acceptors (Lipinski definition) is 4. The molecule has 0 saturated heterocycles. The van der Waals surface area contributed by atoms with Crippen LogP contribution in [0, 0.1) is 0 Å². The first-order chi connectivity index (χ1) is 8.04. The van der Waals surface area contributed by atoms with Gasteiger partial charge in [-0.05, 0) is 24.6 Å². The first kappa shape index (κ1) is 13.2. The van der Waals surface area contributed by atoms with Gasteiger partial charge in [-0.2, -0.15) is 0 Å². The van der Waals surface area contributed by atoms with Gasteiger partial charge < -0.3 is 14.9 Å². The molecule has 0 aliphatic rings. The largest absolute Gasteiger partial charge is 0.478 e. The van der Waals surface area contributed by atoms with Crippen molar-refractivity contribution in [2.45, 2.75) is 19.4 Å². The van der Waals surface area contributed by atoms with Gasteiger partial charge in [0.1, 0.15) is 6.61 Å². The van der Waals surface area contributed by atoms with Crippen molar-refractivity contribution in [1.82, 2.24) is 0 Å². The molecule has 0 aromatic heterocycles. The summed E-state index contributed by atoms with van der Waals surface area (Å²) in [7, 11) is 0. The normalized spacial score (nSPS) is 11.9. The summed E-state index contributed by atoms with van der Waals surface area (Å²) in [6.07, 6.45) is -0.204. The summed E-state index contributed by atoms with van der Waals surface area (Å²) in [6.45, 7) is 1.68. The molecule has 92 valence electrons. The van der Waals surface area contributed by atoms with E-state index in [0.29, 0.717) is 6.42 Å². The van der Waals surface area contributed by atoms with Gasteiger partial charge in [-0.25, -0.2) is 9.59 Å². The molecule has 0 amide bonds. The number of carboxylic acid groups (broad SMARTS) is 1. The van der Waals surface area contributed by atoms with E-state index in [-0.39, 0.29) is 17.7 Å². The van der Waals surface area contributed by atoms with Crippen molar-refractivity contribution in [1.29, 1.82) is 0 Å². The molecule has 5 nitrogen and oxygen atoms in total. The number of aliphatic hydroxyl groups is 1. The quantitative estimate of drug-likeness (QED) is 0.755. The number of aromatic carboxylic acids is 1. The van der Waals surface area contributed by atoms with Crippen LogP contribution in [0.5, 0.6) is 0 Å². The van der Waals surface area contributed by atoms with Crippen LogP contribution < -0.4 is 0 Å². The Labute approximate surface area is 98.6 Å². The second kappa shape index (κ2) is 6.00. The van der Waals surface area contributed by atoms with Gasteiger partial charge in [0.2, 0.25) is 0 Å². The Morgan fingerprint density at radius 1 is 1.35 bits per heavy atom. The predicted molar refractivity (Wildman–Crippen MR) is 60.0 cm³/mol. The van der Waals surface area contributed by atoms with Gasteiger partial charge in [-0.1, -0.05) is 13.0 Å². The van der Waals surface area contributed by atoms with Crippen LogP contribution in [0.2, 0.25) is 0 Å². The fourth-order valence-corrected chi connectivity index (χ4v) is 1.15. The monoisotopic (exact) mass is 238 g/mol. The SMILES string of the molecule is CCC(O)COC(=O)c1cccc(C(=O)O)c1. The number of hydrogen-bond donors (Lipinski definition) is 2. The van der Waals surface area contributed by atoms with Gasteiger partial charge in [0.25, 0.3) is 0 Å². The molecular formula is C12H14O5. The standard InChI is InChI=1S/C12H14O5/c1-2-10(13)7-17-12(16)9-5-3-4-8(6-9)11(14)15/h3-6,10,13H,2,7H2,1H3,(H,14,15). The molecule has 1 aromatic rings. The number of carbonyl (C=O) groups is 2. The molecule has 2 N–H and O–H groups in total. The van der Waals surface area contributed by atoms with Gasteiger partial charge in [0, 0.05) is 0 Å². The highest BCUT2D eigenvalue weighted by Crippen LogP contribution is 2.07. The van der Waals surface area contributed by atoms with Gasteiger partial charge in [-0.15, -0.1) is 0 Å². The molecule has 0 radical (unpaired) electrons. The molecule has 1 rings (SSSR count). The molecule has 0 fully saturated rings. The van der Waals surface area contributed by atoms with E-state index in [0.717, 1.165) is 0 Å². The van der Waals surface area contributed by atoms with Crippen molar-refractivity contribution in [3.63, 3.8) is 0 Å². The molecule has 0 spiro atoms. The molecule has 0 aliphatic carbocycles. The van der Waals surface area contributed by atoms with Gasteiger partial charge >= 0.3 is 11.9 Å². The van der Waals surface area contributed by atoms with E-state index < -0.39 is 18.0 Å². The Balaban J connectivity index is 2.69. The molecule has 1 aromatic carbocycles. The number of aliphatic hydroxyl groups excluding tert-OH is 1. The van der Waals surface area contributed by atoms with E-state index in [2.05, 4.69) is 0 Å². The highest BCUT2D eigenvalue weighted by atomic mass is 16.5. The number of ether oxygens (including phenoxy) is 1. The van der Waals surface area contributed by atoms with E-state index in [4.69, 9.17) is 9.84 Å². The summed E-state index contributed by atoms with van der Waals surface area (Å²) in [5, 5.41) is 18.0. The van der Waals surface area contributed by atoms with Gasteiger partial charge in [-0.3, -0.25) is 0 Å². The van der Waals surface area contributed by atoms with Crippen LogP contribution in [0.4, 0.5) is 0 Å². The fourth-order valence-electron chi connectivity index (χ4n) is 1.15. The number of benzene rings is 1. The van der Waals surface area contributed by atoms with E-state index in [1.54, 1.807) is 6.92 Å². The van der Waals surface area contributed by atoms with Crippen LogP contribution in [-0.2, 0) is 4.74 Å². The molecule has 1 unspecified atom stereocenters. The van der Waals surface area contributed by atoms with E-state index in [1.165, 1.54) is 24.3 Å². The number of carboxylic acids is 1. The van der Waals surface area contributed by atoms with Gasteiger partial charge in [0.15, 0.2) is 0 Å². The van der Waals surface area contributed by atoms with E-state index in [1.807, 2.05) is 0 Å². The Kier molecular flexibility index (Phi) is 4.66. The highest BCUT2D eigenvalue weighted by Gasteiger charge is 2.12. The minimum atomic E-state index is -1.10. The molecule has 17 heavy (non-hydrogen) atoms. The topological polar surface area (TPSA) is 83.8 Å². The summed E-state index contributed by atoms with van der Waals surface area (Å²) >= 11 is 0. The predicted octanol–water partition coefficient (Wildman–Crippen LogP) is 1.31. The molecule has 1 atom stereocenters. The Hall–Kier alpha value is -1.88. The van der Waals surface area contributed by atoms with E-state index in [9.17, 15) is 14.7 Å². The smallest absolute Gasteiger partial charge is 0.338 e. The lowest BCUT2D eigenvalue weighted by atomic mass is 10.1. The molecule has 0 aliphatic heterocycles. The first-order valence-corrected chi connectivity index (χ1v) is 5.23. The van der Waals surface area contributed by atoms with Crippen LogP contribution in [0.15, 0.2) is 24.3 Å². The Morgan fingerprint density at radius 3 is 2.59 bits per heavy atom. The zero-order chi connectivity index (χ0) is 12.8. The van der Waals surface area contributed by atoms with Crippen molar-refractivity contribution >= 4 is 11.9 Å². The van der Waals surface area contributed by atoms with Crippen LogP contribution in [0.1, 0.15) is 34.1 Å². The zero-order valence-corrected chi connectivity index (χ0v) is 9.42. The van der Waals surface area contributed by atoms with Crippen molar-refractivity contribution < 1.29 is 24.5 Å². The molecule has 0 heterocycles.